The summed E-state index contributed by atoms with van der Waals surface area (Å²) in [6.45, 7) is 5.75. The summed E-state index contributed by atoms with van der Waals surface area (Å²) in [5.41, 5.74) is 3.50. The number of piperidine rings is 2. The molecule has 3 aliphatic rings. The van der Waals surface area contributed by atoms with Crippen LogP contribution in [0, 0.1) is 31.1 Å². The molecule has 1 saturated carbocycles. The fourth-order valence-corrected chi connectivity index (χ4v) is 4.53. The Morgan fingerprint density at radius 3 is 2.75 bits per heavy atom. The number of fused-ring (bicyclic) bond motifs is 1. The molecule has 0 radical (unpaired) electrons. The van der Waals surface area contributed by atoms with Crippen molar-refractivity contribution >= 4 is 11.6 Å². The molecule has 1 aromatic heterocycles. The van der Waals surface area contributed by atoms with Gasteiger partial charge in [0, 0.05) is 37.3 Å². The first-order valence-electron chi connectivity index (χ1n) is 9.03. The van der Waals surface area contributed by atoms with Crippen LogP contribution < -0.4 is 4.90 Å². The fraction of sp³-hybridized carbons (Fsp3) is 0.632. The standard InChI is InChI=1S/C19H24N4O/c1-12-9-18(16(10-20)13(2)21-12)22-8-7-17-14(11-22)3-6-19(24)23(17)15-4-5-15/h9,14-15,17H,3-8,11H2,1-2H3/t14-,17-/m0/s1. The summed E-state index contributed by atoms with van der Waals surface area (Å²) in [6.07, 6.45) is 5.04. The molecule has 5 heteroatoms. The fourth-order valence-electron chi connectivity index (χ4n) is 4.53. The predicted octanol–water partition coefficient (Wildman–Crippen LogP) is 2.55. The maximum Gasteiger partial charge on any atom is 0.223 e. The van der Waals surface area contributed by atoms with E-state index in [1.807, 2.05) is 19.9 Å². The van der Waals surface area contributed by atoms with Crippen LogP contribution in [0.1, 0.15) is 49.1 Å². The van der Waals surface area contributed by atoms with Crippen molar-refractivity contribution in [1.29, 1.82) is 5.26 Å². The van der Waals surface area contributed by atoms with E-state index in [1.165, 1.54) is 12.8 Å². The van der Waals surface area contributed by atoms with Crippen LogP contribution in [0.5, 0.6) is 0 Å². The van der Waals surface area contributed by atoms with Crippen LogP contribution in [0.2, 0.25) is 0 Å². The molecule has 5 nitrogen and oxygen atoms in total. The van der Waals surface area contributed by atoms with Gasteiger partial charge in [-0.3, -0.25) is 9.78 Å². The highest BCUT2D eigenvalue weighted by molar-refractivity contribution is 5.78. The lowest BCUT2D eigenvalue weighted by Gasteiger charge is -2.48. The summed E-state index contributed by atoms with van der Waals surface area (Å²) in [6, 6.07) is 5.29. The van der Waals surface area contributed by atoms with Gasteiger partial charge in [0.1, 0.15) is 6.07 Å². The van der Waals surface area contributed by atoms with Crippen molar-refractivity contribution in [3.05, 3.63) is 23.0 Å². The van der Waals surface area contributed by atoms with Crippen molar-refractivity contribution in [2.24, 2.45) is 5.92 Å². The highest BCUT2D eigenvalue weighted by atomic mass is 16.2. The Morgan fingerprint density at radius 1 is 1.25 bits per heavy atom. The summed E-state index contributed by atoms with van der Waals surface area (Å²) < 4.78 is 0. The topological polar surface area (TPSA) is 60.2 Å². The molecule has 4 rings (SSSR count). The van der Waals surface area contributed by atoms with E-state index >= 15 is 0 Å². The molecule has 24 heavy (non-hydrogen) atoms. The van der Waals surface area contributed by atoms with Crippen molar-refractivity contribution in [3.63, 3.8) is 0 Å². The molecule has 0 aromatic carbocycles. The number of nitrogens with zero attached hydrogens (tertiary/aromatic N) is 4. The minimum Gasteiger partial charge on any atom is -0.370 e. The van der Waals surface area contributed by atoms with Gasteiger partial charge in [0.15, 0.2) is 0 Å². The lowest BCUT2D eigenvalue weighted by molar-refractivity contribution is -0.140. The molecule has 0 unspecified atom stereocenters. The number of pyridine rings is 1. The Labute approximate surface area is 143 Å². The molecular formula is C19H24N4O. The molecular weight excluding hydrogens is 300 g/mol. The van der Waals surface area contributed by atoms with E-state index in [2.05, 4.69) is 20.9 Å². The van der Waals surface area contributed by atoms with Crippen LogP contribution in [0.4, 0.5) is 5.69 Å². The van der Waals surface area contributed by atoms with Gasteiger partial charge < -0.3 is 9.80 Å². The van der Waals surface area contributed by atoms with Gasteiger partial charge in [-0.25, -0.2) is 0 Å². The monoisotopic (exact) mass is 324 g/mol. The molecule has 3 heterocycles. The van der Waals surface area contributed by atoms with Crippen LogP contribution in [0.3, 0.4) is 0 Å². The van der Waals surface area contributed by atoms with E-state index in [0.717, 1.165) is 43.0 Å². The average Bonchev–Trinajstić information content (AvgIpc) is 3.38. The second-order valence-electron chi connectivity index (χ2n) is 7.49. The summed E-state index contributed by atoms with van der Waals surface area (Å²) in [5.74, 6) is 0.887. The first-order chi connectivity index (χ1) is 11.6. The van der Waals surface area contributed by atoms with Crippen molar-refractivity contribution in [2.45, 2.75) is 58.0 Å². The summed E-state index contributed by atoms with van der Waals surface area (Å²) in [4.78, 5) is 21.3. The van der Waals surface area contributed by atoms with E-state index in [-0.39, 0.29) is 0 Å². The molecule has 0 bridgehead atoms. The third-order valence-corrected chi connectivity index (χ3v) is 5.77. The van der Waals surface area contributed by atoms with Crippen molar-refractivity contribution in [1.82, 2.24) is 9.88 Å². The highest BCUT2D eigenvalue weighted by Gasteiger charge is 2.45. The van der Waals surface area contributed by atoms with Crippen LogP contribution in [-0.4, -0.2) is 41.0 Å². The maximum atomic E-state index is 12.3. The highest BCUT2D eigenvalue weighted by Crippen LogP contribution is 2.40. The van der Waals surface area contributed by atoms with E-state index in [0.29, 0.717) is 35.9 Å². The van der Waals surface area contributed by atoms with Crippen molar-refractivity contribution in [3.8, 4) is 6.07 Å². The normalized spacial score (nSPS) is 27.0. The van der Waals surface area contributed by atoms with Gasteiger partial charge in [0.2, 0.25) is 5.91 Å². The van der Waals surface area contributed by atoms with Gasteiger partial charge in [-0.05, 0) is 51.5 Å². The second-order valence-corrected chi connectivity index (χ2v) is 7.49. The van der Waals surface area contributed by atoms with Crippen LogP contribution in [0.25, 0.3) is 0 Å². The van der Waals surface area contributed by atoms with Crippen LogP contribution >= 0.6 is 0 Å². The lowest BCUT2D eigenvalue weighted by atomic mass is 9.83. The van der Waals surface area contributed by atoms with Gasteiger partial charge in [0.05, 0.1) is 16.9 Å². The summed E-state index contributed by atoms with van der Waals surface area (Å²) in [7, 11) is 0. The molecule has 1 aliphatic carbocycles. The Balaban J connectivity index is 1.59. The Bertz CT molecular complexity index is 719. The molecule has 2 saturated heterocycles. The number of carbonyl (C=O) groups excluding carboxylic acids is 1. The second kappa shape index (κ2) is 5.77. The van der Waals surface area contributed by atoms with Crippen molar-refractivity contribution in [2.75, 3.05) is 18.0 Å². The molecule has 0 N–H and O–H groups in total. The number of hydrogen-bond donors (Lipinski definition) is 0. The van der Waals surface area contributed by atoms with Gasteiger partial charge in [0.25, 0.3) is 0 Å². The minimum absolute atomic E-state index is 0.362. The molecule has 0 spiro atoms. The molecule has 1 aromatic rings. The summed E-state index contributed by atoms with van der Waals surface area (Å²) >= 11 is 0. The number of aryl methyl sites for hydroxylation is 2. The maximum absolute atomic E-state index is 12.3. The molecule has 3 fully saturated rings. The van der Waals surface area contributed by atoms with Gasteiger partial charge >= 0.3 is 0 Å². The Hall–Kier alpha value is -2.09. The van der Waals surface area contributed by atoms with Gasteiger partial charge in [-0.2, -0.15) is 5.26 Å². The van der Waals surface area contributed by atoms with E-state index in [9.17, 15) is 10.1 Å². The Kier molecular flexibility index (Phi) is 3.71. The van der Waals surface area contributed by atoms with Crippen LogP contribution in [0.15, 0.2) is 6.07 Å². The SMILES string of the molecule is Cc1cc(N2CC[C@H]3[C@@H](CCC(=O)N3C3CC3)C2)c(C#N)c(C)n1. The number of anilines is 1. The zero-order chi connectivity index (χ0) is 16.8. The first-order valence-corrected chi connectivity index (χ1v) is 9.03. The largest absolute Gasteiger partial charge is 0.370 e. The molecule has 1 amide bonds. The van der Waals surface area contributed by atoms with Crippen LogP contribution in [-0.2, 0) is 4.79 Å². The first kappa shape index (κ1) is 15.4. The third kappa shape index (κ3) is 2.54. The third-order valence-electron chi connectivity index (χ3n) is 5.77. The molecule has 2 atom stereocenters. The lowest BCUT2D eigenvalue weighted by Crippen LogP contribution is -2.56. The number of amides is 1. The zero-order valence-electron chi connectivity index (χ0n) is 14.5. The Morgan fingerprint density at radius 2 is 2.04 bits per heavy atom. The molecule has 2 aliphatic heterocycles. The van der Waals surface area contributed by atoms with E-state index in [1.54, 1.807) is 0 Å². The summed E-state index contributed by atoms with van der Waals surface area (Å²) in [5, 5.41) is 9.54. The van der Waals surface area contributed by atoms with E-state index < -0.39 is 0 Å². The van der Waals surface area contributed by atoms with E-state index in [4.69, 9.17) is 0 Å². The minimum atomic E-state index is 0.362. The number of rotatable bonds is 2. The average molecular weight is 324 g/mol. The van der Waals surface area contributed by atoms with Gasteiger partial charge in [-0.1, -0.05) is 0 Å². The molecule has 126 valence electrons. The number of hydrogen-bond acceptors (Lipinski definition) is 4. The zero-order valence-corrected chi connectivity index (χ0v) is 14.5. The number of carbonyl (C=O) groups is 1. The van der Waals surface area contributed by atoms with Gasteiger partial charge in [-0.15, -0.1) is 0 Å². The number of aromatic nitrogens is 1. The smallest absolute Gasteiger partial charge is 0.223 e. The number of likely N-dealkylation sites (tertiary alicyclic amines) is 1. The number of nitriles is 1. The van der Waals surface area contributed by atoms with Crippen molar-refractivity contribution < 1.29 is 4.79 Å². The quantitative estimate of drug-likeness (QED) is 0.839. The predicted molar refractivity (Wildman–Crippen MR) is 91.6 cm³/mol.